The van der Waals surface area contributed by atoms with Crippen LogP contribution in [0.2, 0.25) is 0 Å². The number of aromatic nitrogens is 1. The Morgan fingerprint density at radius 3 is 2.62 bits per heavy atom. The predicted octanol–water partition coefficient (Wildman–Crippen LogP) is 1.76. The number of anilines is 1. The molecule has 1 aromatic carbocycles. The van der Waals surface area contributed by atoms with Crippen LogP contribution in [-0.4, -0.2) is 13.4 Å². The Labute approximate surface area is 118 Å². The van der Waals surface area contributed by atoms with Crippen LogP contribution >= 0.6 is 0 Å². The molecule has 21 heavy (non-hydrogen) atoms. The Morgan fingerprint density at radius 2 is 1.95 bits per heavy atom. The molecule has 0 aliphatic carbocycles. The maximum absolute atomic E-state index is 13.5. The van der Waals surface area contributed by atoms with E-state index in [4.69, 9.17) is 5.73 Å². The van der Waals surface area contributed by atoms with Gasteiger partial charge in [-0.15, -0.1) is 0 Å². The Balaban J connectivity index is 2.47. The van der Waals surface area contributed by atoms with E-state index in [2.05, 4.69) is 4.98 Å². The monoisotopic (exact) mass is 317 g/mol. The van der Waals surface area contributed by atoms with Crippen LogP contribution in [0.5, 0.6) is 0 Å². The summed E-state index contributed by atoms with van der Waals surface area (Å²) < 4.78 is 65.7. The van der Waals surface area contributed by atoms with Crippen molar-refractivity contribution in [1.82, 2.24) is 4.98 Å². The van der Waals surface area contributed by atoms with E-state index in [0.29, 0.717) is 12.1 Å². The first-order valence-electron chi connectivity index (χ1n) is 5.66. The Hall–Kier alpha value is -2.13. The molecule has 2 rings (SSSR count). The highest BCUT2D eigenvalue weighted by Gasteiger charge is 2.22. The van der Waals surface area contributed by atoms with Gasteiger partial charge in [0, 0.05) is 24.9 Å². The number of halogens is 3. The van der Waals surface area contributed by atoms with Crippen LogP contribution in [0.4, 0.5) is 18.9 Å². The summed E-state index contributed by atoms with van der Waals surface area (Å²) in [6, 6.07) is 3.39. The fourth-order valence-corrected chi connectivity index (χ4v) is 2.90. The number of hydrogen-bond acceptors (Lipinski definition) is 4. The first-order chi connectivity index (χ1) is 9.85. The molecule has 0 aliphatic heterocycles. The van der Waals surface area contributed by atoms with Gasteiger partial charge < -0.3 is 5.73 Å². The van der Waals surface area contributed by atoms with Crippen molar-refractivity contribution in [2.45, 2.75) is 11.4 Å². The molecule has 5 nitrogen and oxygen atoms in total. The molecule has 1 aromatic heterocycles. The molecule has 0 unspecified atom stereocenters. The third kappa shape index (κ3) is 3.14. The summed E-state index contributed by atoms with van der Waals surface area (Å²) in [5, 5.41) is 0. The third-order valence-electron chi connectivity index (χ3n) is 2.57. The van der Waals surface area contributed by atoms with Gasteiger partial charge in [0.25, 0.3) is 10.0 Å². The first kappa shape index (κ1) is 15.3. The van der Waals surface area contributed by atoms with Gasteiger partial charge in [-0.05, 0) is 12.1 Å². The van der Waals surface area contributed by atoms with Crippen molar-refractivity contribution in [3.8, 4) is 0 Å². The average molecular weight is 317 g/mol. The fourth-order valence-electron chi connectivity index (χ4n) is 1.65. The van der Waals surface area contributed by atoms with E-state index < -0.39 is 33.2 Å². The van der Waals surface area contributed by atoms with E-state index in [0.717, 1.165) is 0 Å². The van der Waals surface area contributed by atoms with Gasteiger partial charge in [0.15, 0.2) is 11.6 Å². The zero-order chi connectivity index (χ0) is 15.6. The van der Waals surface area contributed by atoms with E-state index in [-0.39, 0.29) is 17.1 Å². The Bertz CT molecular complexity index is 781. The molecule has 0 bridgehead atoms. The lowest BCUT2D eigenvalue weighted by Crippen LogP contribution is -2.18. The van der Waals surface area contributed by atoms with Crippen LogP contribution in [0.3, 0.4) is 0 Å². The molecule has 3 N–H and O–H groups in total. The first-order valence-corrected chi connectivity index (χ1v) is 7.15. The topological polar surface area (TPSA) is 85.1 Å². The van der Waals surface area contributed by atoms with E-state index in [1.54, 1.807) is 4.72 Å². The predicted molar refractivity (Wildman–Crippen MR) is 69.3 cm³/mol. The molecule has 0 amide bonds. The number of rotatable bonds is 4. The second-order valence-electron chi connectivity index (χ2n) is 4.01. The van der Waals surface area contributed by atoms with Crippen molar-refractivity contribution in [3.63, 3.8) is 0 Å². The summed E-state index contributed by atoms with van der Waals surface area (Å²) in [7, 11) is -4.28. The van der Waals surface area contributed by atoms with Crippen molar-refractivity contribution >= 4 is 15.7 Å². The van der Waals surface area contributed by atoms with Gasteiger partial charge in [-0.1, -0.05) is 0 Å². The van der Waals surface area contributed by atoms with Gasteiger partial charge in [0.05, 0.1) is 11.4 Å². The molecule has 112 valence electrons. The van der Waals surface area contributed by atoms with Crippen LogP contribution < -0.4 is 10.5 Å². The number of nitrogens with zero attached hydrogens (tertiary/aromatic N) is 1. The minimum atomic E-state index is -4.28. The second kappa shape index (κ2) is 5.70. The highest BCUT2D eigenvalue weighted by atomic mass is 32.2. The van der Waals surface area contributed by atoms with E-state index >= 15 is 0 Å². The van der Waals surface area contributed by atoms with Crippen molar-refractivity contribution in [1.29, 1.82) is 0 Å². The summed E-state index contributed by atoms with van der Waals surface area (Å²) >= 11 is 0. The SMILES string of the molecule is NCc1ncccc1S(=O)(=O)Nc1cc(F)cc(F)c1F. The summed E-state index contributed by atoms with van der Waals surface area (Å²) in [6.07, 6.45) is 1.34. The highest BCUT2D eigenvalue weighted by molar-refractivity contribution is 7.92. The van der Waals surface area contributed by atoms with Gasteiger partial charge in [0.1, 0.15) is 10.7 Å². The van der Waals surface area contributed by atoms with Gasteiger partial charge in [-0.25, -0.2) is 21.6 Å². The van der Waals surface area contributed by atoms with E-state index in [9.17, 15) is 21.6 Å². The van der Waals surface area contributed by atoms with E-state index in [1.165, 1.54) is 18.3 Å². The number of benzene rings is 1. The van der Waals surface area contributed by atoms with Crippen LogP contribution in [0.25, 0.3) is 0 Å². The van der Waals surface area contributed by atoms with E-state index in [1.807, 2.05) is 0 Å². The number of pyridine rings is 1. The summed E-state index contributed by atoms with van der Waals surface area (Å²) in [4.78, 5) is 3.48. The lowest BCUT2D eigenvalue weighted by Gasteiger charge is -2.11. The molecule has 0 saturated heterocycles. The van der Waals surface area contributed by atoms with Crippen LogP contribution in [0, 0.1) is 17.5 Å². The maximum Gasteiger partial charge on any atom is 0.263 e. The molecule has 0 radical (unpaired) electrons. The maximum atomic E-state index is 13.5. The number of sulfonamides is 1. The van der Waals surface area contributed by atoms with Crippen LogP contribution in [-0.2, 0) is 16.6 Å². The minimum Gasteiger partial charge on any atom is -0.325 e. The lowest BCUT2D eigenvalue weighted by atomic mass is 10.3. The summed E-state index contributed by atoms with van der Waals surface area (Å²) in [5.41, 5.74) is 4.58. The minimum absolute atomic E-state index is 0.0438. The van der Waals surface area contributed by atoms with Crippen molar-refractivity contribution in [3.05, 3.63) is 53.6 Å². The molecular formula is C12H10F3N3O2S. The van der Waals surface area contributed by atoms with Gasteiger partial charge >= 0.3 is 0 Å². The quantitative estimate of drug-likeness (QED) is 0.842. The Morgan fingerprint density at radius 1 is 1.24 bits per heavy atom. The van der Waals surface area contributed by atoms with Crippen LogP contribution in [0.15, 0.2) is 35.4 Å². The standard InChI is InChI=1S/C12H10F3N3O2S/c13-7-4-8(14)12(15)9(5-7)18-21(19,20)11-2-1-3-17-10(11)6-16/h1-5,18H,6,16H2. The molecule has 0 fully saturated rings. The molecule has 9 heteroatoms. The Kier molecular flexibility index (Phi) is 4.14. The smallest absolute Gasteiger partial charge is 0.263 e. The molecule has 0 spiro atoms. The molecule has 0 atom stereocenters. The number of nitrogens with two attached hydrogens (primary N) is 1. The van der Waals surface area contributed by atoms with Gasteiger partial charge in [-0.2, -0.15) is 0 Å². The zero-order valence-corrected chi connectivity index (χ0v) is 11.3. The van der Waals surface area contributed by atoms with Crippen molar-refractivity contribution in [2.75, 3.05) is 4.72 Å². The molecular weight excluding hydrogens is 307 g/mol. The molecule has 0 aliphatic rings. The van der Waals surface area contributed by atoms with Gasteiger partial charge in [0.2, 0.25) is 0 Å². The fraction of sp³-hybridized carbons (Fsp3) is 0.0833. The van der Waals surface area contributed by atoms with Crippen molar-refractivity contribution < 1.29 is 21.6 Å². The number of nitrogens with one attached hydrogen (secondary N) is 1. The number of hydrogen-bond donors (Lipinski definition) is 2. The van der Waals surface area contributed by atoms with Crippen molar-refractivity contribution in [2.24, 2.45) is 5.73 Å². The zero-order valence-electron chi connectivity index (χ0n) is 10.5. The summed E-state index contributed by atoms with van der Waals surface area (Å²) in [6.45, 7) is -0.170. The molecule has 0 saturated carbocycles. The molecule has 2 aromatic rings. The lowest BCUT2D eigenvalue weighted by molar-refractivity contribution is 0.498. The third-order valence-corrected chi connectivity index (χ3v) is 4.01. The summed E-state index contributed by atoms with van der Waals surface area (Å²) in [5.74, 6) is -4.12. The largest absolute Gasteiger partial charge is 0.325 e. The van der Waals surface area contributed by atoms with Crippen LogP contribution in [0.1, 0.15) is 5.69 Å². The highest BCUT2D eigenvalue weighted by Crippen LogP contribution is 2.23. The normalized spacial score (nSPS) is 11.4. The molecule has 1 heterocycles. The van der Waals surface area contributed by atoms with Gasteiger partial charge in [-0.3, -0.25) is 9.71 Å². The second-order valence-corrected chi connectivity index (χ2v) is 5.66. The average Bonchev–Trinajstić information content (AvgIpc) is 2.44.